The van der Waals surface area contributed by atoms with Crippen molar-refractivity contribution < 1.29 is 13.5 Å². The maximum absolute atomic E-state index is 12.3. The number of nitrogens with one attached hydrogen (secondary N) is 1. The van der Waals surface area contributed by atoms with Crippen molar-refractivity contribution in [2.75, 3.05) is 6.54 Å². The van der Waals surface area contributed by atoms with Gasteiger partial charge in [0.25, 0.3) is 0 Å². The number of rotatable bonds is 7. The van der Waals surface area contributed by atoms with Crippen molar-refractivity contribution in [3.8, 4) is 5.75 Å². The van der Waals surface area contributed by atoms with E-state index in [0.29, 0.717) is 30.1 Å². The predicted octanol–water partition coefficient (Wildman–Crippen LogP) is 2.40. The molecule has 0 aliphatic carbocycles. The van der Waals surface area contributed by atoms with E-state index in [1.54, 1.807) is 17.8 Å². The van der Waals surface area contributed by atoms with Gasteiger partial charge < -0.3 is 10.1 Å². The van der Waals surface area contributed by atoms with E-state index in [1.165, 1.54) is 12.1 Å². The number of alkyl halides is 2. The summed E-state index contributed by atoms with van der Waals surface area (Å²) >= 11 is 5.87. The van der Waals surface area contributed by atoms with Crippen molar-refractivity contribution in [3.05, 3.63) is 40.7 Å². The van der Waals surface area contributed by atoms with E-state index < -0.39 is 6.61 Å². The molecular weight excluding hydrogens is 302 g/mol. The second-order valence-electron chi connectivity index (χ2n) is 4.44. The maximum atomic E-state index is 12.3. The highest BCUT2D eigenvalue weighted by molar-refractivity contribution is 6.30. The molecule has 21 heavy (non-hydrogen) atoms. The van der Waals surface area contributed by atoms with E-state index in [0.717, 1.165) is 5.69 Å². The largest absolute Gasteiger partial charge is 0.434 e. The van der Waals surface area contributed by atoms with Crippen molar-refractivity contribution in [2.45, 2.75) is 19.6 Å². The Hall–Kier alpha value is -1.73. The number of ether oxygens (including phenoxy) is 1. The molecule has 1 N–H and O–H groups in total. The molecule has 2 rings (SSSR count). The number of aromatic nitrogens is 3. The zero-order valence-corrected chi connectivity index (χ0v) is 12.1. The first-order valence-corrected chi connectivity index (χ1v) is 6.71. The van der Waals surface area contributed by atoms with Gasteiger partial charge in [0.15, 0.2) is 0 Å². The molecule has 5 nitrogen and oxygen atoms in total. The molecule has 0 aliphatic rings. The Labute approximate surface area is 125 Å². The van der Waals surface area contributed by atoms with Crippen LogP contribution in [0.4, 0.5) is 8.78 Å². The lowest BCUT2D eigenvalue weighted by Gasteiger charge is -2.11. The van der Waals surface area contributed by atoms with Gasteiger partial charge in [-0.25, -0.2) is 0 Å². The number of benzene rings is 1. The monoisotopic (exact) mass is 316 g/mol. The average molecular weight is 317 g/mol. The van der Waals surface area contributed by atoms with Gasteiger partial charge in [0.1, 0.15) is 5.75 Å². The first-order valence-electron chi connectivity index (χ1n) is 6.34. The molecule has 8 heteroatoms. The number of aryl methyl sites for hydroxylation is 1. The summed E-state index contributed by atoms with van der Waals surface area (Å²) in [5.74, 6) is 0.126. The van der Waals surface area contributed by atoms with E-state index in [9.17, 15) is 8.78 Å². The van der Waals surface area contributed by atoms with Crippen LogP contribution in [0.15, 0.2) is 24.4 Å². The third-order valence-corrected chi connectivity index (χ3v) is 3.00. The van der Waals surface area contributed by atoms with E-state index in [4.69, 9.17) is 11.6 Å². The topological polar surface area (TPSA) is 52.0 Å². The van der Waals surface area contributed by atoms with Crippen LogP contribution in [0.5, 0.6) is 5.75 Å². The number of hydrogen-bond acceptors (Lipinski definition) is 4. The first-order chi connectivity index (χ1) is 10.0. The highest BCUT2D eigenvalue weighted by atomic mass is 35.5. The standard InChI is InChI=1S/C13H15ClF2N4O/c1-20-8-11(18-19-20)4-5-17-7-9-6-10(14)2-3-12(9)21-13(15)16/h2-3,6,8,13,17H,4-5,7H2,1H3. The van der Waals surface area contributed by atoms with Crippen LogP contribution in [0, 0.1) is 0 Å². The van der Waals surface area contributed by atoms with Crippen molar-refractivity contribution in [2.24, 2.45) is 7.05 Å². The summed E-state index contributed by atoms with van der Waals surface area (Å²) in [6.45, 7) is -1.84. The molecule has 0 aliphatic heterocycles. The third kappa shape index (κ3) is 4.95. The summed E-state index contributed by atoms with van der Waals surface area (Å²) in [5, 5.41) is 11.4. The van der Waals surface area contributed by atoms with Crippen LogP contribution in [0.2, 0.25) is 5.02 Å². The SMILES string of the molecule is Cn1cc(CCNCc2cc(Cl)ccc2OC(F)F)nn1. The molecule has 2 aromatic rings. The van der Waals surface area contributed by atoms with Gasteiger partial charge in [-0.05, 0) is 18.2 Å². The summed E-state index contributed by atoms with van der Waals surface area (Å²) in [6.07, 6.45) is 2.52. The Kier molecular flexibility index (Phi) is 5.46. The molecule has 0 bridgehead atoms. The minimum absolute atomic E-state index is 0.126. The molecule has 114 valence electrons. The third-order valence-electron chi connectivity index (χ3n) is 2.76. The Balaban J connectivity index is 1.88. The van der Waals surface area contributed by atoms with Gasteiger partial charge in [-0.2, -0.15) is 8.78 Å². The summed E-state index contributed by atoms with van der Waals surface area (Å²) in [5.41, 5.74) is 1.45. The summed E-state index contributed by atoms with van der Waals surface area (Å²) in [4.78, 5) is 0. The second kappa shape index (κ2) is 7.33. The smallest absolute Gasteiger partial charge is 0.387 e. The lowest BCUT2D eigenvalue weighted by atomic mass is 10.2. The molecule has 0 fully saturated rings. The van der Waals surface area contributed by atoms with Crippen LogP contribution in [0.25, 0.3) is 0 Å². The van der Waals surface area contributed by atoms with Crippen LogP contribution in [-0.4, -0.2) is 28.2 Å². The van der Waals surface area contributed by atoms with Crippen molar-refractivity contribution in [1.82, 2.24) is 20.3 Å². The van der Waals surface area contributed by atoms with Crippen LogP contribution in [0.3, 0.4) is 0 Å². The summed E-state index contributed by atoms with van der Waals surface area (Å²) in [7, 11) is 1.80. The molecule has 1 aromatic heterocycles. The van der Waals surface area contributed by atoms with Crippen LogP contribution < -0.4 is 10.1 Å². The van der Waals surface area contributed by atoms with E-state index in [2.05, 4.69) is 20.4 Å². The van der Waals surface area contributed by atoms with Gasteiger partial charge in [-0.15, -0.1) is 5.10 Å². The zero-order chi connectivity index (χ0) is 15.2. The predicted molar refractivity (Wildman–Crippen MR) is 74.5 cm³/mol. The minimum atomic E-state index is -2.86. The van der Waals surface area contributed by atoms with Crippen LogP contribution in [0.1, 0.15) is 11.3 Å². The normalized spacial score (nSPS) is 11.1. The van der Waals surface area contributed by atoms with Crippen molar-refractivity contribution in [3.63, 3.8) is 0 Å². The van der Waals surface area contributed by atoms with Crippen molar-refractivity contribution in [1.29, 1.82) is 0 Å². The molecular formula is C13H15ClF2N4O. The Morgan fingerprint density at radius 2 is 2.24 bits per heavy atom. The van der Waals surface area contributed by atoms with Gasteiger partial charge in [0.2, 0.25) is 0 Å². The van der Waals surface area contributed by atoms with Crippen molar-refractivity contribution >= 4 is 11.6 Å². The first kappa shape index (κ1) is 15.7. The maximum Gasteiger partial charge on any atom is 0.387 e. The lowest BCUT2D eigenvalue weighted by Crippen LogP contribution is -2.18. The van der Waals surface area contributed by atoms with Gasteiger partial charge in [0, 0.05) is 43.3 Å². The Morgan fingerprint density at radius 1 is 1.43 bits per heavy atom. The molecule has 0 radical (unpaired) electrons. The quantitative estimate of drug-likeness (QED) is 0.797. The van der Waals surface area contributed by atoms with Gasteiger partial charge in [-0.3, -0.25) is 4.68 Å². The minimum Gasteiger partial charge on any atom is -0.434 e. The van der Waals surface area contributed by atoms with Gasteiger partial charge in [0.05, 0.1) is 5.69 Å². The van der Waals surface area contributed by atoms with E-state index in [1.807, 2.05) is 6.20 Å². The summed E-state index contributed by atoms with van der Waals surface area (Å²) < 4.78 is 30.7. The molecule has 1 heterocycles. The highest BCUT2D eigenvalue weighted by Crippen LogP contribution is 2.24. The molecule has 0 spiro atoms. The van der Waals surface area contributed by atoms with Gasteiger partial charge >= 0.3 is 6.61 Å². The van der Waals surface area contributed by atoms with Crippen LogP contribution in [-0.2, 0) is 20.0 Å². The van der Waals surface area contributed by atoms with E-state index >= 15 is 0 Å². The van der Waals surface area contributed by atoms with E-state index in [-0.39, 0.29) is 5.75 Å². The molecule has 0 amide bonds. The fraction of sp³-hybridized carbons (Fsp3) is 0.385. The van der Waals surface area contributed by atoms with Crippen LogP contribution >= 0.6 is 11.6 Å². The molecule has 0 unspecified atom stereocenters. The lowest BCUT2D eigenvalue weighted by molar-refractivity contribution is -0.0504. The zero-order valence-electron chi connectivity index (χ0n) is 11.4. The summed E-state index contributed by atoms with van der Waals surface area (Å²) in [6, 6.07) is 4.56. The second-order valence-corrected chi connectivity index (χ2v) is 4.88. The molecule has 0 atom stereocenters. The van der Waals surface area contributed by atoms with Gasteiger partial charge in [-0.1, -0.05) is 16.8 Å². The Morgan fingerprint density at radius 3 is 2.90 bits per heavy atom. The molecule has 0 saturated carbocycles. The number of hydrogen-bond donors (Lipinski definition) is 1. The average Bonchev–Trinajstić information content (AvgIpc) is 2.83. The molecule has 0 saturated heterocycles. The number of halogens is 3. The highest BCUT2D eigenvalue weighted by Gasteiger charge is 2.10. The fourth-order valence-corrected chi connectivity index (χ4v) is 2.04. The molecule has 1 aromatic carbocycles. The number of nitrogens with zero attached hydrogens (tertiary/aromatic N) is 3. The fourth-order valence-electron chi connectivity index (χ4n) is 1.85. The Bertz CT molecular complexity index is 591.